The molecular formula is C21H44NO8P. The van der Waals surface area contributed by atoms with Crippen molar-refractivity contribution in [1.29, 1.82) is 0 Å². The largest absolute Gasteiger partial charge is 0.472 e. The number of aliphatic hydroxyl groups is 1. The Kier molecular flexibility index (Phi) is 19.7. The highest BCUT2D eigenvalue weighted by Crippen LogP contribution is 2.43. The van der Waals surface area contributed by atoms with Gasteiger partial charge in [-0.05, 0) is 19.3 Å². The molecule has 0 aliphatic heterocycles. The molecule has 0 heterocycles. The van der Waals surface area contributed by atoms with Crippen molar-refractivity contribution in [3.63, 3.8) is 0 Å². The molecule has 31 heavy (non-hydrogen) atoms. The van der Waals surface area contributed by atoms with E-state index in [0.29, 0.717) is 12.8 Å². The van der Waals surface area contributed by atoms with Crippen LogP contribution in [0.4, 0.5) is 0 Å². The zero-order valence-electron chi connectivity index (χ0n) is 19.3. The Balaban J connectivity index is 4.38. The highest BCUT2D eigenvalue weighted by molar-refractivity contribution is 7.47. The van der Waals surface area contributed by atoms with E-state index in [9.17, 15) is 19.4 Å². The van der Waals surface area contributed by atoms with E-state index in [-0.39, 0.29) is 32.8 Å². The fourth-order valence-corrected chi connectivity index (χ4v) is 3.61. The zero-order chi connectivity index (χ0) is 23.4. The summed E-state index contributed by atoms with van der Waals surface area (Å²) in [5.41, 5.74) is 5.25. The molecule has 0 aromatic carbocycles. The maximum Gasteiger partial charge on any atom is 0.472 e. The number of unbranched alkanes of at least 4 members (excludes halogenated alkanes) is 8. The van der Waals surface area contributed by atoms with Crippen LogP contribution in [-0.4, -0.2) is 54.7 Å². The van der Waals surface area contributed by atoms with Crippen LogP contribution in [0.25, 0.3) is 0 Å². The average Bonchev–Trinajstić information content (AvgIpc) is 2.73. The van der Waals surface area contributed by atoms with Gasteiger partial charge in [0.2, 0.25) is 0 Å². The highest BCUT2D eigenvalue weighted by atomic mass is 31.2. The van der Waals surface area contributed by atoms with E-state index in [1.165, 1.54) is 25.7 Å². The van der Waals surface area contributed by atoms with E-state index in [2.05, 4.69) is 11.4 Å². The third-order valence-corrected chi connectivity index (χ3v) is 5.59. The summed E-state index contributed by atoms with van der Waals surface area (Å²) in [6.45, 7) is 3.61. The second kappa shape index (κ2) is 20.1. The Hall–Kier alpha value is -0.540. The van der Waals surface area contributed by atoms with Crippen LogP contribution < -0.4 is 5.73 Å². The van der Waals surface area contributed by atoms with Crippen molar-refractivity contribution in [2.75, 3.05) is 26.4 Å². The van der Waals surface area contributed by atoms with Crippen LogP contribution in [0.15, 0.2) is 0 Å². The number of rotatable bonds is 22. The molecule has 10 heteroatoms. The molecule has 0 aliphatic rings. The van der Waals surface area contributed by atoms with E-state index in [0.717, 1.165) is 32.1 Å². The molecule has 0 amide bonds. The van der Waals surface area contributed by atoms with Gasteiger partial charge in [0.1, 0.15) is 6.10 Å². The van der Waals surface area contributed by atoms with Gasteiger partial charge in [0, 0.05) is 13.0 Å². The van der Waals surface area contributed by atoms with Gasteiger partial charge in [0.25, 0.3) is 0 Å². The number of hydrogen-bond acceptors (Lipinski definition) is 8. The van der Waals surface area contributed by atoms with Crippen LogP contribution in [0.2, 0.25) is 0 Å². The zero-order valence-corrected chi connectivity index (χ0v) is 20.2. The van der Waals surface area contributed by atoms with Crippen molar-refractivity contribution in [3.05, 3.63) is 0 Å². The number of carbonyl (C=O) groups excluding carboxylic acids is 1. The van der Waals surface area contributed by atoms with Gasteiger partial charge in [-0.25, -0.2) is 4.57 Å². The Morgan fingerprint density at radius 1 is 0.935 bits per heavy atom. The molecule has 0 aromatic heterocycles. The molecule has 0 fully saturated rings. The summed E-state index contributed by atoms with van der Waals surface area (Å²) in [6, 6.07) is 0. The molecule has 0 radical (unpaired) electrons. The highest BCUT2D eigenvalue weighted by Gasteiger charge is 2.25. The number of aliphatic hydroxyl groups excluding tert-OH is 1. The predicted molar refractivity (Wildman–Crippen MR) is 119 cm³/mol. The molecule has 0 saturated carbocycles. The molecule has 0 aromatic rings. The van der Waals surface area contributed by atoms with Crippen LogP contribution >= 0.6 is 7.82 Å². The lowest BCUT2D eigenvalue weighted by atomic mass is 10.1. The second-order valence-corrected chi connectivity index (χ2v) is 9.11. The SMILES string of the molecule is CCCCCCCCCC(O)OC[C@H](COP(=O)(O)OCCN)OC(=O)CCCCC. The smallest absolute Gasteiger partial charge is 0.457 e. The third kappa shape index (κ3) is 19.8. The Morgan fingerprint density at radius 3 is 2.19 bits per heavy atom. The fourth-order valence-electron chi connectivity index (χ4n) is 2.84. The van der Waals surface area contributed by atoms with Gasteiger partial charge in [0.15, 0.2) is 6.29 Å². The molecule has 2 unspecified atom stereocenters. The van der Waals surface area contributed by atoms with E-state index < -0.39 is 26.2 Å². The Bertz CT molecular complexity index is 480. The summed E-state index contributed by atoms with van der Waals surface area (Å²) in [5, 5.41) is 10.0. The lowest BCUT2D eigenvalue weighted by Gasteiger charge is -2.21. The predicted octanol–water partition coefficient (Wildman–Crippen LogP) is 4.05. The third-order valence-electron chi connectivity index (χ3n) is 4.61. The Morgan fingerprint density at radius 2 is 1.55 bits per heavy atom. The summed E-state index contributed by atoms with van der Waals surface area (Å²) < 4.78 is 32.1. The first kappa shape index (κ1) is 30.5. The molecule has 4 N–H and O–H groups in total. The van der Waals surface area contributed by atoms with Crippen LogP contribution in [0.1, 0.15) is 90.9 Å². The molecule has 0 bridgehead atoms. The number of carbonyl (C=O) groups is 1. The van der Waals surface area contributed by atoms with Crippen molar-refractivity contribution >= 4 is 13.8 Å². The van der Waals surface area contributed by atoms with Gasteiger partial charge in [0.05, 0.1) is 19.8 Å². The second-order valence-electron chi connectivity index (χ2n) is 7.65. The maximum atomic E-state index is 12.0. The first-order chi connectivity index (χ1) is 14.8. The number of phosphoric ester groups is 1. The lowest BCUT2D eigenvalue weighted by Crippen LogP contribution is -2.30. The van der Waals surface area contributed by atoms with E-state index >= 15 is 0 Å². The van der Waals surface area contributed by atoms with Crippen LogP contribution in [0.3, 0.4) is 0 Å². The average molecular weight is 470 g/mol. The number of phosphoric acid groups is 1. The van der Waals surface area contributed by atoms with Gasteiger partial charge < -0.3 is 25.2 Å². The number of ether oxygens (including phenoxy) is 2. The minimum absolute atomic E-state index is 0.0671. The van der Waals surface area contributed by atoms with Crippen molar-refractivity contribution < 1.29 is 37.9 Å². The minimum atomic E-state index is -4.30. The van der Waals surface area contributed by atoms with Gasteiger partial charge >= 0.3 is 13.8 Å². The van der Waals surface area contributed by atoms with Crippen LogP contribution in [-0.2, 0) is 27.9 Å². The minimum Gasteiger partial charge on any atom is -0.457 e. The van der Waals surface area contributed by atoms with Gasteiger partial charge in [-0.2, -0.15) is 0 Å². The molecule has 0 spiro atoms. The molecular weight excluding hydrogens is 425 g/mol. The standard InChI is InChI=1S/C21H44NO8P/c1-3-5-7-8-9-10-12-13-20(23)27-17-19(30-21(24)14-11-6-4-2)18-29-31(25,26)28-16-15-22/h19-20,23H,3-18,22H2,1-2H3,(H,25,26)/t19-,20?/m1/s1. The first-order valence-corrected chi connectivity index (χ1v) is 13.1. The molecule has 9 nitrogen and oxygen atoms in total. The summed E-state index contributed by atoms with van der Waals surface area (Å²) >= 11 is 0. The van der Waals surface area contributed by atoms with Crippen LogP contribution in [0, 0.1) is 0 Å². The van der Waals surface area contributed by atoms with Crippen molar-refractivity contribution in [1.82, 2.24) is 0 Å². The van der Waals surface area contributed by atoms with Crippen molar-refractivity contribution in [2.45, 2.75) is 103 Å². The quantitative estimate of drug-likeness (QED) is 0.0928. The van der Waals surface area contributed by atoms with Gasteiger partial charge in [-0.3, -0.25) is 13.8 Å². The maximum absolute atomic E-state index is 12.0. The molecule has 0 saturated heterocycles. The summed E-state index contributed by atoms with van der Waals surface area (Å²) in [4.78, 5) is 21.6. The molecule has 0 rings (SSSR count). The normalized spacial score (nSPS) is 15.4. The topological polar surface area (TPSA) is 138 Å². The number of nitrogens with two attached hydrogens (primary N) is 1. The number of esters is 1. The summed E-state index contributed by atoms with van der Waals surface area (Å²) in [5.74, 6) is -0.442. The molecule has 186 valence electrons. The fraction of sp³-hybridized carbons (Fsp3) is 0.952. The van der Waals surface area contributed by atoms with E-state index in [1.54, 1.807) is 0 Å². The summed E-state index contributed by atoms with van der Waals surface area (Å²) in [7, 11) is -4.30. The monoisotopic (exact) mass is 469 g/mol. The van der Waals surface area contributed by atoms with Gasteiger partial charge in [-0.15, -0.1) is 0 Å². The lowest BCUT2D eigenvalue weighted by molar-refractivity contribution is -0.166. The molecule has 3 atom stereocenters. The van der Waals surface area contributed by atoms with Crippen LogP contribution in [0.5, 0.6) is 0 Å². The van der Waals surface area contributed by atoms with Crippen molar-refractivity contribution in [2.24, 2.45) is 5.73 Å². The molecule has 0 aliphatic carbocycles. The summed E-state index contributed by atoms with van der Waals surface area (Å²) in [6.07, 6.45) is 9.27. The van der Waals surface area contributed by atoms with E-state index in [1.807, 2.05) is 6.92 Å². The van der Waals surface area contributed by atoms with Gasteiger partial charge in [-0.1, -0.05) is 65.2 Å². The number of hydrogen-bond donors (Lipinski definition) is 3. The Labute approximate surface area is 187 Å². The van der Waals surface area contributed by atoms with Crippen molar-refractivity contribution in [3.8, 4) is 0 Å². The van der Waals surface area contributed by atoms with E-state index in [4.69, 9.17) is 19.7 Å². The first-order valence-electron chi connectivity index (χ1n) is 11.7.